The lowest BCUT2D eigenvalue weighted by Gasteiger charge is -2.01. The summed E-state index contributed by atoms with van der Waals surface area (Å²) in [7, 11) is 0. The van der Waals surface area contributed by atoms with Crippen molar-refractivity contribution in [3.05, 3.63) is 0 Å². The topological polar surface area (TPSA) is 74.6 Å². The first-order chi connectivity index (χ1) is 3.72. The number of aliphatic hydroxyl groups is 2. The molecule has 0 aromatic rings. The Bertz CT molecular complexity index is 78.0. The molecule has 0 saturated carbocycles. The van der Waals surface area contributed by atoms with E-state index in [4.69, 9.17) is 10.2 Å². The van der Waals surface area contributed by atoms with Gasteiger partial charge in [-0.2, -0.15) is 0 Å². The zero-order chi connectivity index (χ0) is 6.57. The first-order valence-corrected chi connectivity index (χ1v) is 1.99. The van der Waals surface area contributed by atoms with Gasteiger partial charge in [-0.15, -0.1) is 0 Å². The maximum atomic E-state index is 9.54. The molecule has 0 unspecified atom stereocenters. The summed E-state index contributed by atoms with van der Waals surface area (Å²) in [5.41, 5.74) is 0. The summed E-state index contributed by atoms with van der Waals surface area (Å²) in [6.45, 7) is 0. The molecule has 0 aliphatic heterocycles. The van der Waals surface area contributed by atoms with E-state index >= 15 is 0 Å². The summed E-state index contributed by atoms with van der Waals surface area (Å²) in [5, 5.41) is 16.6. The number of carbonyl (C=O) groups excluding carboxylic acids is 2. The maximum absolute atomic E-state index is 9.54. The number of rotatable bonds is 3. The van der Waals surface area contributed by atoms with Gasteiger partial charge < -0.3 is 19.8 Å². The summed E-state index contributed by atoms with van der Waals surface area (Å²) < 4.78 is 0. The summed E-state index contributed by atoms with van der Waals surface area (Å²) in [6, 6.07) is 0. The molecule has 4 heteroatoms. The molecule has 0 heterocycles. The van der Waals surface area contributed by atoms with Crippen LogP contribution in [0.25, 0.3) is 0 Å². The molecule has 0 aromatic carbocycles. The molecule has 4 nitrogen and oxygen atoms in total. The van der Waals surface area contributed by atoms with Crippen LogP contribution in [-0.4, -0.2) is 35.0 Å². The van der Waals surface area contributed by atoms with Gasteiger partial charge in [0, 0.05) is 0 Å². The zero-order valence-electron chi connectivity index (χ0n) is 4.02. The number of carbonyl (C=O) groups is 2. The Morgan fingerprint density at radius 1 is 1.00 bits per heavy atom. The second-order valence-electron chi connectivity index (χ2n) is 1.25. The zero-order valence-corrected chi connectivity index (χ0v) is 4.02. The van der Waals surface area contributed by atoms with Crippen LogP contribution in [0.1, 0.15) is 0 Å². The Labute approximate surface area is 45.7 Å². The highest BCUT2D eigenvalue weighted by molar-refractivity contribution is 5.67. The van der Waals surface area contributed by atoms with E-state index in [1.54, 1.807) is 0 Å². The number of hydrogen-bond donors (Lipinski definition) is 2. The fraction of sp³-hybridized carbons (Fsp3) is 0.500. The monoisotopic (exact) mass is 118 g/mol. The van der Waals surface area contributed by atoms with Crippen LogP contribution in [0.3, 0.4) is 0 Å². The molecule has 0 fully saturated rings. The van der Waals surface area contributed by atoms with Crippen molar-refractivity contribution < 1.29 is 19.8 Å². The highest BCUT2D eigenvalue weighted by atomic mass is 16.3. The molecule has 0 amide bonds. The molecule has 0 rings (SSSR count). The van der Waals surface area contributed by atoms with Crippen molar-refractivity contribution in [2.75, 3.05) is 0 Å². The van der Waals surface area contributed by atoms with Crippen LogP contribution in [0.5, 0.6) is 0 Å². The summed E-state index contributed by atoms with van der Waals surface area (Å²) in [6.07, 6.45) is -2.96. The average Bonchev–Trinajstić information content (AvgIpc) is 1.84. The van der Waals surface area contributed by atoms with Gasteiger partial charge in [0.1, 0.15) is 12.2 Å². The van der Waals surface area contributed by atoms with E-state index in [0.717, 1.165) is 0 Å². The quantitative estimate of drug-likeness (QED) is 0.425. The van der Waals surface area contributed by atoms with Crippen molar-refractivity contribution >= 4 is 12.6 Å². The van der Waals surface area contributed by atoms with E-state index in [-0.39, 0.29) is 12.6 Å². The average molecular weight is 118 g/mol. The Kier molecular flexibility index (Phi) is 2.98. The van der Waals surface area contributed by atoms with Crippen molar-refractivity contribution in [2.24, 2.45) is 0 Å². The second-order valence-corrected chi connectivity index (χ2v) is 1.25. The normalized spacial score (nSPS) is 16.8. The van der Waals surface area contributed by atoms with Gasteiger partial charge in [-0.25, -0.2) is 0 Å². The fourth-order valence-corrected chi connectivity index (χ4v) is 0.161. The molecule has 0 aliphatic carbocycles. The predicted octanol–water partition coefficient (Wildman–Crippen LogP) is -1.89. The largest absolute Gasteiger partial charge is 0.382 e. The standard InChI is InChI=1S/C4H6O4/c5-1-3(7)4(8)2-6/h1-4,7-8H/t3-,4-/m1/s1. The minimum Gasteiger partial charge on any atom is -0.382 e. The smallest absolute Gasteiger partial charge is 0.151 e. The van der Waals surface area contributed by atoms with Crippen LogP contribution in [0.2, 0.25) is 0 Å². The van der Waals surface area contributed by atoms with Crippen molar-refractivity contribution in [2.45, 2.75) is 12.2 Å². The van der Waals surface area contributed by atoms with Crippen molar-refractivity contribution in [3.63, 3.8) is 0 Å². The van der Waals surface area contributed by atoms with Gasteiger partial charge in [0.2, 0.25) is 0 Å². The lowest BCUT2D eigenvalue weighted by atomic mass is 10.2. The summed E-state index contributed by atoms with van der Waals surface area (Å²) in [4.78, 5) is 19.1. The molecule has 2 N–H and O–H groups in total. The van der Waals surface area contributed by atoms with Gasteiger partial charge in [0.25, 0.3) is 0 Å². The van der Waals surface area contributed by atoms with E-state index in [0.29, 0.717) is 0 Å². The number of aldehydes is 2. The molecular formula is C4H6O4. The Morgan fingerprint density at radius 3 is 1.38 bits per heavy atom. The van der Waals surface area contributed by atoms with Crippen molar-refractivity contribution in [3.8, 4) is 0 Å². The maximum Gasteiger partial charge on any atom is 0.151 e. The third-order valence-corrected chi connectivity index (χ3v) is 0.629. The van der Waals surface area contributed by atoms with Crippen LogP contribution in [-0.2, 0) is 9.59 Å². The van der Waals surface area contributed by atoms with Gasteiger partial charge in [-0.1, -0.05) is 0 Å². The minimum atomic E-state index is -1.58. The Hall–Kier alpha value is -0.740. The first kappa shape index (κ1) is 7.26. The van der Waals surface area contributed by atoms with Gasteiger partial charge in [-0.05, 0) is 0 Å². The number of aliphatic hydroxyl groups excluding tert-OH is 2. The van der Waals surface area contributed by atoms with Crippen LogP contribution in [0.15, 0.2) is 0 Å². The lowest BCUT2D eigenvalue weighted by molar-refractivity contribution is -0.129. The second kappa shape index (κ2) is 3.29. The van der Waals surface area contributed by atoms with Gasteiger partial charge >= 0.3 is 0 Å². The molecule has 0 radical (unpaired) electrons. The van der Waals surface area contributed by atoms with Crippen LogP contribution in [0.4, 0.5) is 0 Å². The van der Waals surface area contributed by atoms with E-state index < -0.39 is 12.2 Å². The highest BCUT2D eigenvalue weighted by Crippen LogP contribution is 1.82. The highest BCUT2D eigenvalue weighted by Gasteiger charge is 2.12. The van der Waals surface area contributed by atoms with Crippen molar-refractivity contribution in [1.29, 1.82) is 0 Å². The molecule has 8 heavy (non-hydrogen) atoms. The Balaban J connectivity index is 3.60. The Morgan fingerprint density at radius 2 is 1.25 bits per heavy atom. The molecule has 2 atom stereocenters. The van der Waals surface area contributed by atoms with Crippen LogP contribution < -0.4 is 0 Å². The predicted molar refractivity (Wildman–Crippen MR) is 24.1 cm³/mol. The van der Waals surface area contributed by atoms with Crippen LogP contribution in [0, 0.1) is 0 Å². The van der Waals surface area contributed by atoms with Crippen LogP contribution >= 0.6 is 0 Å². The summed E-state index contributed by atoms with van der Waals surface area (Å²) in [5.74, 6) is 0. The molecule has 46 valence electrons. The molecule has 0 aromatic heterocycles. The first-order valence-electron chi connectivity index (χ1n) is 1.99. The summed E-state index contributed by atoms with van der Waals surface area (Å²) >= 11 is 0. The van der Waals surface area contributed by atoms with Crippen molar-refractivity contribution in [1.82, 2.24) is 0 Å². The van der Waals surface area contributed by atoms with E-state index in [2.05, 4.69) is 0 Å². The van der Waals surface area contributed by atoms with Gasteiger partial charge in [0.05, 0.1) is 0 Å². The van der Waals surface area contributed by atoms with E-state index in [1.165, 1.54) is 0 Å². The minimum absolute atomic E-state index is 0.0963. The SMILES string of the molecule is O=C[C@@H](O)[C@H](O)C=O. The van der Waals surface area contributed by atoms with E-state index in [1.807, 2.05) is 0 Å². The van der Waals surface area contributed by atoms with Gasteiger partial charge in [-0.3, -0.25) is 0 Å². The molecule has 0 spiro atoms. The lowest BCUT2D eigenvalue weighted by Crippen LogP contribution is -2.27. The fourth-order valence-electron chi connectivity index (χ4n) is 0.161. The molecule has 0 aliphatic rings. The molecular weight excluding hydrogens is 112 g/mol. The molecule has 0 saturated heterocycles. The van der Waals surface area contributed by atoms with Gasteiger partial charge in [0.15, 0.2) is 12.6 Å². The van der Waals surface area contributed by atoms with E-state index in [9.17, 15) is 9.59 Å². The number of hydrogen-bond acceptors (Lipinski definition) is 4. The molecule has 0 bridgehead atoms. The third-order valence-electron chi connectivity index (χ3n) is 0.629. The third kappa shape index (κ3) is 1.81.